The second-order valence-electron chi connectivity index (χ2n) is 4.13. The van der Waals surface area contributed by atoms with Crippen molar-refractivity contribution in [2.24, 2.45) is 0 Å². The summed E-state index contributed by atoms with van der Waals surface area (Å²) in [5.41, 5.74) is 3.41. The van der Waals surface area contributed by atoms with Gasteiger partial charge in [0.05, 0.1) is 16.1 Å². The average molecular weight is 281 g/mol. The van der Waals surface area contributed by atoms with Crippen LogP contribution >= 0.6 is 23.2 Å². The Morgan fingerprint density at radius 2 is 1.94 bits per heavy atom. The van der Waals surface area contributed by atoms with Crippen molar-refractivity contribution in [1.29, 1.82) is 0 Å². The van der Waals surface area contributed by atoms with E-state index >= 15 is 0 Å². The molecule has 1 atom stereocenters. The highest BCUT2D eigenvalue weighted by atomic mass is 35.5. The summed E-state index contributed by atoms with van der Waals surface area (Å²) in [6, 6.07) is 7.79. The molecule has 2 nitrogen and oxygen atoms in total. The van der Waals surface area contributed by atoms with Gasteiger partial charge < -0.3 is 5.32 Å². The molecule has 0 spiro atoms. The van der Waals surface area contributed by atoms with Crippen LogP contribution in [0.25, 0.3) is 0 Å². The molecule has 1 heterocycles. The van der Waals surface area contributed by atoms with E-state index in [1.165, 1.54) is 5.56 Å². The molecular formula is C14H14Cl2N2. The van der Waals surface area contributed by atoms with Crippen molar-refractivity contribution in [2.45, 2.75) is 13.0 Å². The summed E-state index contributed by atoms with van der Waals surface area (Å²) in [6.45, 7) is 2.05. The van der Waals surface area contributed by atoms with Crippen LogP contribution in [-0.4, -0.2) is 12.0 Å². The average Bonchev–Trinajstić information content (AvgIpc) is 2.37. The van der Waals surface area contributed by atoms with Gasteiger partial charge in [-0.25, -0.2) is 0 Å². The maximum Gasteiger partial charge on any atom is 0.0595 e. The third kappa shape index (κ3) is 2.66. The minimum atomic E-state index is 0.0859. The SMILES string of the molecule is CNC(c1ccc(Cl)c(Cl)c1)c1ccncc1C. The Balaban J connectivity index is 2.45. The zero-order chi connectivity index (χ0) is 13.1. The Morgan fingerprint density at radius 3 is 2.56 bits per heavy atom. The van der Waals surface area contributed by atoms with Crippen LogP contribution in [0.1, 0.15) is 22.7 Å². The predicted molar refractivity (Wildman–Crippen MR) is 76.3 cm³/mol. The lowest BCUT2D eigenvalue weighted by Gasteiger charge is -2.19. The van der Waals surface area contributed by atoms with E-state index in [2.05, 4.69) is 10.3 Å². The Hall–Kier alpha value is -1.09. The number of hydrogen-bond acceptors (Lipinski definition) is 2. The van der Waals surface area contributed by atoms with Gasteiger partial charge in [-0.15, -0.1) is 0 Å². The summed E-state index contributed by atoms with van der Waals surface area (Å²) in [7, 11) is 1.92. The van der Waals surface area contributed by atoms with Crippen LogP contribution in [-0.2, 0) is 0 Å². The van der Waals surface area contributed by atoms with Gasteiger partial charge in [-0.2, -0.15) is 0 Å². The molecule has 0 bridgehead atoms. The van der Waals surface area contributed by atoms with E-state index in [9.17, 15) is 0 Å². The van der Waals surface area contributed by atoms with Gasteiger partial charge in [-0.1, -0.05) is 29.3 Å². The third-order valence-electron chi connectivity index (χ3n) is 2.94. The summed E-state index contributed by atoms with van der Waals surface area (Å²) >= 11 is 12.0. The lowest BCUT2D eigenvalue weighted by atomic mass is 9.96. The Labute approximate surface area is 117 Å². The smallest absolute Gasteiger partial charge is 0.0595 e. The van der Waals surface area contributed by atoms with Crippen LogP contribution in [0.3, 0.4) is 0 Å². The molecule has 0 aliphatic rings. The van der Waals surface area contributed by atoms with Crippen LogP contribution in [0.2, 0.25) is 10.0 Å². The molecule has 0 radical (unpaired) electrons. The molecule has 94 valence electrons. The number of benzene rings is 1. The highest BCUT2D eigenvalue weighted by molar-refractivity contribution is 6.42. The van der Waals surface area contributed by atoms with Crippen LogP contribution in [0.5, 0.6) is 0 Å². The van der Waals surface area contributed by atoms with Crippen molar-refractivity contribution < 1.29 is 0 Å². The maximum atomic E-state index is 6.07. The minimum absolute atomic E-state index is 0.0859. The van der Waals surface area contributed by atoms with Gasteiger partial charge >= 0.3 is 0 Å². The van der Waals surface area contributed by atoms with Gasteiger partial charge in [0.25, 0.3) is 0 Å². The lowest BCUT2D eigenvalue weighted by Crippen LogP contribution is -2.18. The molecule has 0 aliphatic carbocycles. The van der Waals surface area contributed by atoms with Crippen LogP contribution in [0.15, 0.2) is 36.7 Å². The number of halogens is 2. The van der Waals surface area contributed by atoms with E-state index in [1.54, 1.807) is 6.20 Å². The zero-order valence-electron chi connectivity index (χ0n) is 10.2. The van der Waals surface area contributed by atoms with Gasteiger partial charge in [0.15, 0.2) is 0 Å². The largest absolute Gasteiger partial charge is 0.309 e. The van der Waals surface area contributed by atoms with E-state index in [4.69, 9.17) is 23.2 Å². The first-order chi connectivity index (χ1) is 8.63. The molecule has 2 rings (SSSR count). The standard InChI is InChI=1S/C14H14Cl2N2/c1-9-8-18-6-5-11(9)14(17-2)10-3-4-12(15)13(16)7-10/h3-8,14,17H,1-2H3. The molecule has 18 heavy (non-hydrogen) atoms. The number of pyridine rings is 1. The maximum absolute atomic E-state index is 6.07. The number of nitrogens with zero attached hydrogens (tertiary/aromatic N) is 1. The van der Waals surface area contributed by atoms with Crippen molar-refractivity contribution in [2.75, 3.05) is 7.05 Å². The van der Waals surface area contributed by atoms with E-state index in [0.717, 1.165) is 11.1 Å². The molecule has 1 N–H and O–H groups in total. The molecule has 0 saturated carbocycles. The molecular weight excluding hydrogens is 267 g/mol. The van der Waals surface area contributed by atoms with Crippen LogP contribution < -0.4 is 5.32 Å². The van der Waals surface area contributed by atoms with Gasteiger partial charge in [-0.05, 0) is 48.9 Å². The summed E-state index contributed by atoms with van der Waals surface area (Å²) in [4.78, 5) is 4.11. The van der Waals surface area contributed by atoms with Crippen molar-refractivity contribution in [3.8, 4) is 0 Å². The van der Waals surface area contributed by atoms with Crippen molar-refractivity contribution in [3.05, 3.63) is 63.4 Å². The first-order valence-corrected chi connectivity index (χ1v) is 6.42. The molecule has 1 aromatic heterocycles. The molecule has 1 unspecified atom stereocenters. The molecule has 2 aromatic rings. The second-order valence-corrected chi connectivity index (χ2v) is 4.94. The van der Waals surface area contributed by atoms with Gasteiger partial charge in [0.1, 0.15) is 0 Å². The fourth-order valence-corrected chi connectivity index (χ4v) is 2.31. The fraction of sp³-hybridized carbons (Fsp3) is 0.214. The number of aryl methyl sites for hydroxylation is 1. The van der Waals surface area contributed by atoms with E-state index < -0.39 is 0 Å². The van der Waals surface area contributed by atoms with E-state index in [0.29, 0.717) is 10.0 Å². The Bertz CT molecular complexity index is 555. The summed E-state index contributed by atoms with van der Waals surface area (Å²) in [5, 5.41) is 4.43. The number of hydrogen-bond donors (Lipinski definition) is 1. The Kier molecular flexibility index (Phi) is 4.23. The zero-order valence-corrected chi connectivity index (χ0v) is 11.8. The first-order valence-electron chi connectivity index (χ1n) is 5.66. The highest BCUT2D eigenvalue weighted by Crippen LogP contribution is 2.29. The van der Waals surface area contributed by atoms with Crippen molar-refractivity contribution in [1.82, 2.24) is 10.3 Å². The Morgan fingerprint density at radius 1 is 1.17 bits per heavy atom. The topological polar surface area (TPSA) is 24.9 Å². The van der Waals surface area contributed by atoms with Gasteiger partial charge in [0.2, 0.25) is 0 Å². The second kappa shape index (κ2) is 5.70. The van der Waals surface area contributed by atoms with E-state index in [-0.39, 0.29) is 6.04 Å². The molecule has 1 aromatic carbocycles. The lowest BCUT2D eigenvalue weighted by molar-refractivity contribution is 0.686. The van der Waals surface area contributed by atoms with Gasteiger partial charge in [-0.3, -0.25) is 4.98 Å². The molecule has 4 heteroatoms. The van der Waals surface area contributed by atoms with Crippen LogP contribution in [0.4, 0.5) is 0 Å². The fourth-order valence-electron chi connectivity index (χ4n) is 2.00. The number of aromatic nitrogens is 1. The molecule has 0 aliphatic heterocycles. The normalized spacial score (nSPS) is 12.4. The molecule has 0 fully saturated rings. The van der Waals surface area contributed by atoms with Crippen molar-refractivity contribution in [3.63, 3.8) is 0 Å². The third-order valence-corrected chi connectivity index (χ3v) is 3.68. The van der Waals surface area contributed by atoms with Crippen LogP contribution in [0, 0.1) is 6.92 Å². The molecule has 0 amide bonds. The summed E-state index contributed by atoms with van der Waals surface area (Å²) in [5.74, 6) is 0. The minimum Gasteiger partial charge on any atom is -0.309 e. The quantitative estimate of drug-likeness (QED) is 0.919. The molecule has 0 saturated heterocycles. The summed E-state index contributed by atoms with van der Waals surface area (Å²) in [6.07, 6.45) is 3.65. The monoisotopic (exact) mass is 280 g/mol. The first kappa shape index (κ1) is 13.3. The van der Waals surface area contributed by atoms with Gasteiger partial charge in [0, 0.05) is 12.4 Å². The highest BCUT2D eigenvalue weighted by Gasteiger charge is 2.15. The summed E-state index contributed by atoms with van der Waals surface area (Å²) < 4.78 is 0. The predicted octanol–water partition coefficient (Wildman–Crippen LogP) is 4.01. The van der Waals surface area contributed by atoms with Crippen molar-refractivity contribution >= 4 is 23.2 Å². The number of rotatable bonds is 3. The number of nitrogens with one attached hydrogen (secondary N) is 1. The van der Waals surface area contributed by atoms with E-state index in [1.807, 2.05) is 44.4 Å².